The van der Waals surface area contributed by atoms with Crippen LogP contribution in [0.3, 0.4) is 0 Å². The first-order valence-corrected chi connectivity index (χ1v) is 6.51. The molecule has 0 bridgehead atoms. The number of carbonyl (C=O) groups is 2. The van der Waals surface area contributed by atoms with Gasteiger partial charge < -0.3 is 5.11 Å². The molecule has 2 rings (SSSR count). The molecule has 18 heavy (non-hydrogen) atoms. The largest absolute Gasteiger partial charge is 0.392 e. The Labute approximate surface area is 108 Å². The van der Waals surface area contributed by atoms with E-state index in [2.05, 4.69) is 0 Å². The van der Waals surface area contributed by atoms with Crippen LogP contribution in [-0.2, 0) is 9.59 Å². The third kappa shape index (κ3) is 2.07. The molecule has 3 heteroatoms. The number of aliphatic hydroxyl groups is 1. The lowest BCUT2D eigenvalue weighted by Crippen LogP contribution is -2.38. The summed E-state index contributed by atoms with van der Waals surface area (Å²) in [4.78, 5) is 24.0. The topological polar surface area (TPSA) is 54.4 Å². The fraction of sp³-hybridized carbons (Fsp3) is 0.600. The predicted molar refractivity (Wildman–Crippen MR) is 68.9 cm³/mol. The van der Waals surface area contributed by atoms with Crippen LogP contribution < -0.4 is 0 Å². The molecular weight excluding hydrogens is 228 g/mol. The van der Waals surface area contributed by atoms with E-state index in [0.29, 0.717) is 12.8 Å². The van der Waals surface area contributed by atoms with E-state index >= 15 is 0 Å². The number of rotatable bonds is 1. The molecule has 1 N–H and O–H groups in total. The normalized spacial score (nSPS) is 35.1. The molecule has 98 valence electrons. The zero-order chi connectivity index (χ0) is 13.4. The van der Waals surface area contributed by atoms with Crippen LogP contribution in [0.5, 0.6) is 0 Å². The van der Waals surface area contributed by atoms with Gasteiger partial charge in [-0.3, -0.25) is 9.59 Å². The Morgan fingerprint density at radius 2 is 2.00 bits per heavy atom. The van der Waals surface area contributed by atoms with Crippen LogP contribution in [0.1, 0.15) is 33.6 Å². The molecule has 0 aliphatic heterocycles. The minimum atomic E-state index is -0.0838. The Hall–Kier alpha value is -1.22. The summed E-state index contributed by atoms with van der Waals surface area (Å²) in [5, 5.41) is 9.28. The van der Waals surface area contributed by atoms with Crippen LogP contribution in [0, 0.1) is 17.8 Å². The lowest BCUT2D eigenvalue weighted by atomic mass is 9.63. The van der Waals surface area contributed by atoms with Gasteiger partial charge in [-0.15, -0.1) is 0 Å². The molecule has 3 unspecified atom stereocenters. The van der Waals surface area contributed by atoms with Crippen LogP contribution in [-0.4, -0.2) is 23.3 Å². The number of aliphatic hydroxyl groups excluding tert-OH is 1. The first-order valence-electron chi connectivity index (χ1n) is 6.51. The molecule has 0 aromatic carbocycles. The highest BCUT2D eigenvalue weighted by Gasteiger charge is 2.41. The quantitative estimate of drug-likeness (QED) is 0.723. The minimum Gasteiger partial charge on any atom is -0.392 e. The van der Waals surface area contributed by atoms with Gasteiger partial charge in [0.15, 0.2) is 11.6 Å². The minimum absolute atomic E-state index is 0.0195. The Morgan fingerprint density at radius 3 is 2.61 bits per heavy atom. The number of allylic oxidation sites excluding steroid dienone is 3. The van der Waals surface area contributed by atoms with Gasteiger partial charge in [-0.2, -0.15) is 0 Å². The van der Waals surface area contributed by atoms with E-state index in [1.54, 1.807) is 6.92 Å². The maximum atomic E-state index is 12.2. The van der Waals surface area contributed by atoms with E-state index in [-0.39, 0.29) is 35.9 Å². The Balaban J connectivity index is 2.49. The second kappa shape index (κ2) is 4.81. The van der Waals surface area contributed by atoms with Crippen molar-refractivity contribution in [2.75, 3.05) is 6.61 Å². The Bertz CT molecular complexity index is 456. The molecule has 0 aromatic heterocycles. The first kappa shape index (κ1) is 13.2. The Morgan fingerprint density at radius 1 is 1.33 bits per heavy atom. The highest BCUT2D eigenvalue weighted by molar-refractivity contribution is 6.01. The highest BCUT2D eigenvalue weighted by Crippen LogP contribution is 2.43. The van der Waals surface area contributed by atoms with Crippen molar-refractivity contribution in [3.05, 3.63) is 22.8 Å². The maximum Gasteiger partial charge on any atom is 0.159 e. The van der Waals surface area contributed by atoms with E-state index < -0.39 is 0 Å². The molecule has 3 atom stereocenters. The van der Waals surface area contributed by atoms with Crippen LogP contribution >= 0.6 is 0 Å². The number of Topliss-reactive ketones (excluding diaryl/α,β-unsaturated/α-hetero) is 2. The van der Waals surface area contributed by atoms with Gasteiger partial charge in [-0.1, -0.05) is 13.0 Å². The average Bonchev–Trinajstić information content (AvgIpc) is 2.31. The van der Waals surface area contributed by atoms with Crippen molar-refractivity contribution in [2.24, 2.45) is 17.8 Å². The van der Waals surface area contributed by atoms with Crippen molar-refractivity contribution >= 4 is 11.6 Å². The smallest absolute Gasteiger partial charge is 0.159 e. The summed E-state index contributed by atoms with van der Waals surface area (Å²) in [5.41, 5.74) is 2.24. The summed E-state index contributed by atoms with van der Waals surface area (Å²) in [6.45, 7) is 5.58. The Kier molecular flexibility index (Phi) is 3.53. The molecule has 2 aliphatic carbocycles. The third-order valence-electron chi connectivity index (χ3n) is 4.32. The van der Waals surface area contributed by atoms with Crippen molar-refractivity contribution in [1.82, 2.24) is 0 Å². The molecule has 0 heterocycles. The number of ketones is 2. The number of fused-ring (bicyclic) bond motifs is 1. The van der Waals surface area contributed by atoms with E-state index in [0.717, 1.165) is 16.7 Å². The molecular formula is C15H20O3. The SMILES string of the molecule is CC1=CC2C(=C(C)CO)C(=O)CC(C)C2CC1=O. The monoisotopic (exact) mass is 248 g/mol. The molecule has 1 fully saturated rings. The van der Waals surface area contributed by atoms with Gasteiger partial charge >= 0.3 is 0 Å². The molecule has 3 nitrogen and oxygen atoms in total. The van der Waals surface area contributed by atoms with Gasteiger partial charge in [-0.05, 0) is 36.8 Å². The molecule has 0 spiro atoms. The molecule has 1 saturated carbocycles. The predicted octanol–water partition coefficient (Wildman–Crippen LogP) is 2.06. The zero-order valence-electron chi connectivity index (χ0n) is 11.2. The maximum absolute atomic E-state index is 12.2. The van der Waals surface area contributed by atoms with Crippen molar-refractivity contribution in [3.8, 4) is 0 Å². The van der Waals surface area contributed by atoms with E-state index in [1.165, 1.54) is 0 Å². The van der Waals surface area contributed by atoms with Gasteiger partial charge in [0, 0.05) is 24.3 Å². The fourth-order valence-electron chi connectivity index (χ4n) is 3.19. The van der Waals surface area contributed by atoms with E-state index in [4.69, 9.17) is 0 Å². The third-order valence-corrected chi connectivity index (χ3v) is 4.32. The number of hydrogen-bond acceptors (Lipinski definition) is 3. The number of hydrogen-bond donors (Lipinski definition) is 1. The second-order valence-corrected chi connectivity index (χ2v) is 5.62. The van der Waals surface area contributed by atoms with Crippen molar-refractivity contribution in [1.29, 1.82) is 0 Å². The summed E-state index contributed by atoms with van der Waals surface area (Å²) in [5.74, 6) is 0.805. The van der Waals surface area contributed by atoms with Crippen molar-refractivity contribution in [2.45, 2.75) is 33.6 Å². The van der Waals surface area contributed by atoms with Crippen LogP contribution in [0.2, 0.25) is 0 Å². The first-order chi connectivity index (χ1) is 8.45. The summed E-state index contributed by atoms with van der Waals surface area (Å²) in [7, 11) is 0. The van der Waals surface area contributed by atoms with Gasteiger partial charge in [-0.25, -0.2) is 0 Å². The van der Waals surface area contributed by atoms with Gasteiger partial charge in [0.1, 0.15) is 0 Å². The summed E-state index contributed by atoms with van der Waals surface area (Å²) in [6, 6.07) is 0. The lowest BCUT2D eigenvalue weighted by molar-refractivity contribution is -0.122. The van der Waals surface area contributed by atoms with E-state index in [1.807, 2.05) is 19.9 Å². The second-order valence-electron chi connectivity index (χ2n) is 5.62. The number of carbonyl (C=O) groups excluding carboxylic acids is 2. The molecule has 0 aromatic rings. The summed E-state index contributed by atoms with van der Waals surface area (Å²) in [6.07, 6.45) is 2.95. The molecule has 0 amide bonds. The van der Waals surface area contributed by atoms with E-state index in [9.17, 15) is 14.7 Å². The standard InChI is InChI=1S/C15H20O3/c1-8-5-14(18)15(10(3)7-16)12-4-9(2)13(17)6-11(8)12/h4,8,11-12,16H,5-7H2,1-3H3. The summed E-state index contributed by atoms with van der Waals surface area (Å²) >= 11 is 0. The van der Waals surface area contributed by atoms with Gasteiger partial charge in [0.2, 0.25) is 0 Å². The molecule has 0 radical (unpaired) electrons. The van der Waals surface area contributed by atoms with Crippen LogP contribution in [0.25, 0.3) is 0 Å². The van der Waals surface area contributed by atoms with Crippen molar-refractivity contribution in [3.63, 3.8) is 0 Å². The zero-order valence-corrected chi connectivity index (χ0v) is 11.2. The van der Waals surface area contributed by atoms with Gasteiger partial charge in [0.05, 0.1) is 6.61 Å². The molecule has 0 saturated heterocycles. The van der Waals surface area contributed by atoms with Crippen LogP contribution in [0.4, 0.5) is 0 Å². The highest BCUT2D eigenvalue weighted by atomic mass is 16.3. The van der Waals surface area contributed by atoms with Crippen molar-refractivity contribution < 1.29 is 14.7 Å². The molecule has 2 aliphatic rings. The fourth-order valence-corrected chi connectivity index (χ4v) is 3.19. The van der Waals surface area contributed by atoms with Crippen LogP contribution in [0.15, 0.2) is 22.8 Å². The lowest BCUT2D eigenvalue weighted by Gasteiger charge is -2.39. The summed E-state index contributed by atoms with van der Waals surface area (Å²) < 4.78 is 0. The average molecular weight is 248 g/mol. The van der Waals surface area contributed by atoms with Gasteiger partial charge in [0.25, 0.3) is 0 Å².